The van der Waals surface area contributed by atoms with E-state index in [1.165, 1.54) is 12.8 Å². The second-order valence-corrected chi connectivity index (χ2v) is 6.75. The van der Waals surface area contributed by atoms with Crippen LogP contribution in [-0.4, -0.2) is 28.6 Å². The molecule has 1 aromatic heterocycles. The fourth-order valence-electron chi connectivity index (χ4n) is 3.19. The molecule has 5 heteroatoms. The Kier molecular flexibility index (Phi) is 5.66. The zero-order valence-corrected chi connectivity index (χ0v) is 14.5. The molecule has 1 heterocycles. The summed E-state index contributed by atoms with van der Waals surface area (Å²) >= 11 is 0. The Morgan fingerprint density at radius 3 is 2.56 bits per heavy atom. The number of carbonyl (C=O) groups excluding carboxylic acids is 1. The van der Waals surface area contributed by atoms with Crippen molar-refractivity contribution in [3.63, 3.8) is 0 Å². The third-order valence-electron chi connectivity index (χ3n) is 4.77. The average Bonchev–Trinajstić information content (AvgIpc) is 3.17. The van der Waals surface area contributed by atoms with Crippen molar-refractivity contribution in [2.24, 2.45) is 5.92 Å². The number of carbonyl (C=O) groups is 1. The molecule has 3 N–H and O–H groups in total. The predicted octanol–water partition coefficient (Wildman–Crippen LogP) is 3.61. The van der Waals surface area contributed by atoms with Gasteiger partial charge in [-0.2, -0.15) is 0 Å². The third-order valence-corrected chi connectivity index (χ3v) is 4.77. The first kappa shape index (κ1) is 17.4. The number of aliphatic hydroxyl groups is 1. The summed E-state index contributed by atoms with van der Waals surface area (Å²) in [6, 6.07) is 11.2. The van der Waals surface area contributed by atoms with Crippen LogP contribution in [0.4, 0.5) is 11.5 Å². The molecule has 1 atom stereocenters. The van der Waals surface area contributed by atoms with Gasteiger partial charge in [0.2, 0.25) is 0 Å². The van der Waals surface area contributed by atoms with Crippen LogP contribution in [0, 0.1) is 12.8 Å². The van der Waals surface area contributed by atoms with E-state index in [0.29, 0.717) is 23.8 Å². The van der Waals surface area contributed by atoms with Gasteiger partial charge in [-0.1, -0.05) is 30.5 Å². The Bertz CT molecular complexity index is 692. The number of amides is 1. The number of aliphatic hydroxyl groups excluding tert-OH is 1. The number of benzene rings is 1. The van der Waals surface area contributed by atoms with Gasteiger partial charge in [-0.15, -0.1) is 0 Å². The minimum Gasteiger partial charge on any atom is -0.391 e. The van der Waals surface area contributed by atoms with Crippen LogP contribution < -0.4 is 10.6 Å². The maximum atomic E-state index is 12.2. The monoisotopic (exact) mass is 339 g/mol. The van der Waals surface area contributed by atoms with E-state index in [2.05, 4.69) is 15.6 Å². The summed E-state index contributed by atoms with van der Waals surface area (Å²) in [7, 11) is 0. The van der Waals surface area contributed by atoms with Crippen molar-refractivity contribution in [1.29, 1.82) is 0 Å². The Labute approximate surface area is 148 Å². The minimum atomic E-state index is -0.339. The lowest BCUT2D eigenvalue weighted by Crippen LogP contribution is -2.27. The molecule has 1 aliphatic rings. The topological polar surface area (TPSA) is 74.2 Å². The fraction of sp³-hybridized carbons (Fsp3) is 0.400. The van der Waals surface area contributed by atoms with E-state index in [1.54, 1.807) is 18.3 Å². The van der Waals surface area contributed by atoms with Gasteiger partial charge in [-0.25, -0.2) is 4.98 Å². The molecular weight excluding hydrogens is 314 g/mol. The summed E-state index contributed by atoms with van der Waals surface area (Å²) in [4.78, 5) is 16.5. The summed E-state index contributed by atoms with van der Waals surface area (Å²) in [6.07, 6.45) is 5.85. The van der Waals surface area contributed by atoms with Gasteiger partial charge in [0, 0.05) is 18.4 Å². The smallest absolute Gasteiger partial charge is 0.257 e. The van der Waals surface area contributed by atoms with Crippen LogP contribution in [-0.2, 0) is 0 Å². The first-order valence-corrected chi connectivity index (χ1v) is 8.88. The fourth-order valence-corrected chi connectivity index (χ4v) is 3.19. The average molecular weight is 339 g/mol. The highest BCUT2D eigenvalue weighted by Crippen LogP contribution is 2.27. The molecule has 1 aromatic carbocycles. The molecule has 1 amide bonds. The maximum Gasteiger partial charge on any atom is 0.257 e. The van der Waals surface area contributed by atoms with Crippen LogP contribution in [0.2, 0.25) is 0 Å². The lowest BCUT2D eigenvalue weighted by molar-refractivity contribution is 0.102. The van der Waals surface area contributed by atoms with Crippen molar-refractivity contribution >= 4 is 17.4 Å². The summed E-state index contributed by atoms with van der Waals surface area (Å²) in [5.74, 6) is 0.880. The van der Waals surface area contributed by atoms with Crippen LogP contribution in [0.1, 0.15) is 41.6 Å². The van der Waals surface area contributed by atoms with Crippen molar-refractivity contribution in [3.05, 3.63) is 53.7 Å². The van der Waals surface area contributed by atoms with Gasteiger partial charge in [-0.3, -0.25) is 4.79 Å². The Morgan fingerprint density at radius 2 is 1.92 bits per heavy atom. The zero-order chi connectivity index (χ0) is 17.6. The van der Waals surface area contributed by atoms with E-state index in [4.69, 9.17) is 0 Å². The predicted molar refractivity (Wildman–Crippen MR) is 99.8 cm³/mol. The highest BCUT2D eigenvalue weighted by molar-refractivity contribution is 6.04. The van der Waals surface area contributed by atoms with Crippen LogP contribution in [0.3, 0.4) is 0 Å². The molecule has 1 fully saturated rings. The van der Waals surface area contributed by atoms with E-state index < -0.39 is 0 Å². The molecule has 132 valence electrons. The molecule has 1 unspecified atom stereocenters. The summed E-state index contributed by atoms with van der Waals surface area (Å²) in [5.41, 5.74) is 2.41. The SMILES string of the molecule is Cc1ccc(NC(=O)c2ccc(NCC(O)C3CCCC3)nc2)cc1. The van der Waals surface area contributed by atoms with Gasteiger partial charge >= 0.3 is 0 Å². The summed E-state index contributed by atoms with van der Waals surface area (Å²) < 4.78 is 0. The van der Waals surface area contributed by atoms with Crippen LogP contribution in [0.15, 0.2) is 42.6 Å². The van der Waals surface area contributed by atoms with Crippen LogP contribution in [0.25, 0.3) is 0 Å². The number of rotatable bonds is 6. The summed E-state index contributed by atoms with van der Waals surface area (Å²) in [5, 5.41) is 16.2. The summed E-state index contributed by atoms with van der Waals surface area (Å²) in [6.45, 7) is 2.50. The first-order valence-electron chi connectivity index (χ1n) is 8.88. The second kappa shape index (κ2) is 8.12. The number of anilines is 2. The van der Waals surface area contributed by atoms with Gasteiger partial charge in [0.05, 0.1) is 11.7 Å². The van der Waals surface area contributed by atoms with E-state index in [9.17, 15) is 9.90 Å². The van der Waals surface area contributed by atoms with E-state index in [1.807, 2.05) is 31.2 Å². The first-order chi connectivity index (χ1) is 12.1. The zero-order valence-electron chi connectivity index (χ0n) is 14.5. The third kappa shape index (κ3) is 4.79. The largest absolute Gasteiger partial charge is 0.391 e. The molecule has 5 nitrogen and oxygen atoms in total. The van der Waals surface area contributed by atoms with E-state index in [0.717, 1.165) is 24.1 Å². The second-order valence-electron chi connectivity index (χ2n) is 6.75. The number of nitrogens with zero attached hydrogens (tertiary/aromatic N) is 1. The van der Waals surface area contributed by atoms with Gasteiger partial charge in [0.25, 0.3) is 5.91 Å². The van der Waals surface area contributed by atoms with Gasteiger partial charge in [0.1, 0.15) is 5.82 Å². The normalized spacial score (nSPS) is 15.8. The Balaban J connectivity index is 1.52. The molecular formula is C20H25N3O2. The number of nitrogens with one attached hydrogen (secondary N) is 2. The molecule has 0 spiro atoms. The number of aromatic nitrogens is 1. The molecule has 0 radical (unpaired) electrons. The standard InChI is InChI=1S/C20H25N3O2/c1-14-6-9-17(10-7-14)23-20(25)16-8-11-19(21-12-16)22-13-18(24)15-4-2-3-5-15/h6-12,15,18,24H,2-5,13H2,1H3,(H,21,22)(H,23,25). The number of hydrogen-bond acceptors (Lipinski definition) is 4. The van der Waals surface area contributed by atoms with Gasteiger partial charge < -0.3 is 15.7 Å². The lowest BCUT2D eigenvalue weighted by Gasteiger charge is -2.18. The highest BCUT2D eigenvalue weighted by Gasteiger charge is 2.22. The molecule has 25 heavy (non-hydrogen) atoms. The number of hydrogen-bond donors (Lipinski definition) is 3. The number of aryl methyl sites for hydroxylation is 1. The van der Waals surface area contributed by atoms with Crippen molar-refractivity contribution in [2.45, 2.75) is 38.7 Å². The van der Waals surface area contributed by atoms with Crippen LogP contribution >= 0.6 is 0 Å². The number of pyridine rings is 1. The van der Waals surface area contributed by atoms with Crippen molar-refractivity contribution in [1.82, 2.24) is 4.98 Å². The molecule has 3 rings (SSSR count). The quantitative estimate of drug-likeness (QED) is 0.752. The van der Waals surface area contributed by atoms with Crippen molar-refractivity contribution in [2.75, 3.05) is 17.2 Å². The molecule has 0 bridgehead atoms. The van der Waals surface area contributed by atoms with E-state index in [-0.39, 0.29) is 12.0 Å². The maximum absolute atomic E-state index is 12.2. The molecule has 0 aliphatic heterocycles. The lowest BCUT2D eigenvalue weighted by atomic mass is 10.0. The highest BCUT2D eigenvalue weighted by atomic mass is 16.3. The minimum absolute atomic E-state index is 0.186. The molecule has 1 aliphatic carbocycles. The molecule has 1 saturated carbocycles. The Morgan fingerprint density at radius 1 is 1.20 bits per heavy atom. The van der Waals surface area contributed by atoms with Crippen molar-refractivity contribution in [3.8, 4) is 0 Å². The van der Waals surface area contributed by atoms with E-state index >= 15 is 0 Å². The van der Waals surface area contributed by atoms with Gasteiger partial charge in [-0.05, 0) is 49.9 Å². The molecule has 0 saturated heterocycles. The van der Waals surface area contributed by atoms with Crippen molar-refractivity contribution < 1.29 is 9.90 Å². The van der Waals surface area contributed by atoms with Gasteiger partial charge in [0.15, 0.2) is 0 Å². The molecule has 2 aromatic rings. The van der Waals surface area contributed by atoms with Crippen LogP contribution in [0.5, 0.6) is 0 Å². The Hall–Kier alpha value is -2.40.